The van der Waals surface area contributed by atoms with Crippen LogP contribution >= 0.6 is 11.8 Å². The minimum absolute atomic E-state index is 0.00811. The van der Waals surface area contributed by atoms with Gasteiger partial charge in [0, 0.05) is 38.1 Å². The summed E-state index contributed by atoms with van der Waals surface area (Å²) < 4.78 is 5.75. The number of carbonyl (C=O) groups excluding carboxylic acids is 1. The number of furan rings is 1. The SMILES string of the molecule is O=C(c1ccc(CSc2ncccn2)o1)N1CCN2CCCC2C1. The Kier molecular flexibility index (Phi) is 4.53. The highest BCUT2D eigenvalue weighted by Crippen LogP contribution is 2.24. The molecule has 2 aliphatic rings. The fraction of sp³-hybridized carbons (Fsp3) is 0.471. The molecule has 2 aromatic rings. The lowest BCUT2D eigenvalue weighted by Gasteiger charge is -2.37. The van der Waals surface area contributed by atoms with Crippen molar-refractivity contribution in [2.45, 2.75) is 29.8 Å². The summed E-state index contributed by atoms with van der Waals surface area (Å²) in [5.41, 5.74) is 0. The molecule has 6 nitrogen and oxygen atoms in total. The third-order valence-corrected chi connectivity index (χ3v) is 5.53. The summed E-state index contributed by atoms with van der Waals surface area (Å²) in [5.74, 6) is 1.84. The van der Waals surface area contributed by atoms with Crippen LogP contribution in [0.5, 0.6) is 0 Å². The number of hydrogen-bond donors (Lipinski definition) is 0. The quantitative estimate of drug-likeness (QED) is 0.626. The van der Waals surface area contributed by atoms with Crippen LogP contribution in [-0.4, -0.2) is 57.9 Å². The predicted octanol–water partition coefficient (Wildman–Crippen LogP) is 2.28. The van der Waals surface area contributed by atoms with Crippen molar-refractivity contribution < 1.29 is 9.21 Å². The first-order chi connectivity index (χ1) is 11.8. The summed E-state index contributed by atoms with van der Waals surface area (Å²) in [6.07, 6.45) is 5.88. The molecule has 24 heavy (non-hydrogen) atoms. The first-order valence-electron chi connectivity index (χ1n) is 8.31. The van der Waals surface area contributed by atoms with E-state index in [2.05, 4.69) is 14.9 Å². The van der Waals surface area contributed by atoms with Gasteiger partial charge in [0.25, 0.3) is 5.91 Å². The van der Waals surface area contributed by atoms with Gasteiger partial charge < -0.3 is 9.32 Å². The first-order valence-corrected chi connectivity index (χ1v) is 9.30. The van der Waals surface area contributed by atoms with Gasteiger partial charge in [-0.1, -0.05) is 11.8 Å². The fourth-order valence-corrected chi connectivity index (χ4v) is 4.09. The Morgan fingerprint density at radius 2 is 2.12 bits per heavy atom. The van der Waals surface area contributed by atoms with Crippen molar-refractivity contribution in [2.24, 2.45) is 0 Å². The first kappa shape index (κ1) is 15.7. The van der Waals surface area contributed by atoms with Crippen LogP contribution in [0.25, 0.3) is 0 Å². The summed E-state index contributed by atoms with van der Waals surface area (Å²) in [6, 6.07) is 5.97. The normalized spacial score (nSPS) is 21.0. The summed E-state index contributed by atoms with van der Waals surface area (Å²) >= 11 is 1.50. The van der Waals surface area contributed by atoms with Crippen molar-refractivity contribution in [3.8, 4) is 0 Å². The van der Waals surface area contributed by atoms with Crippen LogP contribution < -0.4 is 0 Å². The summed E-state index contributed by atoms with van der Waals surface area (Å²) in [7, 11) is 0. The van der Waals surface area contributed by atoms with E-state index in [0.29, 0.717) is 22.7 Å². The molecule has 0 N–H and O–H groups in total. The smallest absolute Gasteiger partial charge is 0.289 e. The van der Waals surface area contributed by atoms with E-state index < -0.39 is 0 Å². The summed E-state index contributed by atoms with van der Waals surface area (Å²) in [5, 5.41) is 0.708. The standard InChI is InChI=1S/C17H20N4O2S/c22-16(21-10-9-20-8-1-3-13(20)11-21)15-5-4-14(23-15)12-24-17-18-6-2-7-19-17/h2,4-7,13H,1,3,8-12H2. The minimum atomic E-state index is 0.00811. The van der Waals surface area contributed by atoms with Crippen LogP contribution in [0.15, 0.2) is 40.2 Å². The zero-order chi connectivity index (χ0) is 16.4. The third-order valence-electron chi connectivity index (χ3n) is 4.63. The zero-order valence-electron chi connectivity index (χ0n) is 13.4. The van der Waals surface area contributed by atoms with Gasteiger partial charge in [-0.05, 0) is 37.6 Å². The van der Waals surface area contributed by atoms with E-state index >= 15 is 0 Å². The largest absolute Gasteiger partial charge is 0.455 e. The van der Waals surface area contributed by atoms with Crippen molar-refractivity contribution in [3.63, 3.8) is 0 Å². The molecule has 0 radical (unpaired) electrons. The van der Waals surface area contributed by atoms with Crippen molar-refractivity contribution in [3.05, 3.63) is 42.1 Å². The molecule has 7 heteroatoms. The van der Waals surface area contributed by atoms with Gasteiger partial charge in [-0.2, -0.15) is 0 Å². The summed E-state index contributed by atoms with van der Waals surface area (Å²) in [6.45, 7) is 3.76. The predicted molar refractivity (Wildman–Crippen MR) is 90.8 cm³/mol. The molecular weight excluding hydrogens is 324 g/mol. The Bertz CT molecular complexity index is 706. The van der Waals surface area contributed by atoms with E-state index in [0.717, 1.165) is 25.4 Å². The third kappa shape index (κ3) is 3.32. The maximum Gasteiger partial charge on any atom is 0.289 e. The van der Waals surface area contributed by atoms with E-state index in [1.807, 2.05) is 11.0 Å². The lowest BCUT2D eigenvalue weighted by atomic mass is 10.1. The number of nitrogens with zero attached hydrogens (tertiary/aromatic N) is 4. The van der Waals surface area contributed by atoms with Crippen LogP contribution in [0.2, 0.25) is 0 Å². The molecule has 2 aliphatic heterocycles. The second-order valence-electron chi connectivity index (χ2n) is 6.17. The molecule has 0 bridgehead atoms. The molecule has 4 heterocycles. The van der Waals surface area contributed by atoms with Crippen molar-refractivity contribution >= 4 is 17.7 Å². The molecule has 1 unspecified atom stereocenters. The van der Waals surface area contributed by atoms with Gasteiger partial charge >= 0.3 is 0 Å². The van der Waals surface area contributed by atoms with Gasteiger partial charge in [0.2, 0.25) is 0 Å². The van der Waals surface area contributed by atoms with Crippen LogP contribution in [0.1, 0.15) is 29.2 Å². The highest BCUT2D eigenvalue weighted by Gasteiger charge is 2.33. The molecule has 4 rings (SSSR count). The number of aromatic nitrogens is 2. The Labute approximate surface area is 145 Å². The second kappa shape index (κ2) is 6.94. The maximum atomic E-state index is 12.7. The maximum absolute atomic E-state index is 12.7. The number of thioether (sulfide) groups is 1. The molecule has 0 spiro atoms. The lowest BCUT2D eigenvalue weighted by Crippen LogP contribution is -2.51. The average molecular weight is 344 g/mol. The Balaban J connectivity index is 1.36. The monoisotopic (exact) mass is 344 g/mol. The average Bonchev–Trinajstić information content (AvgIpc) is 3.29. The number of carbonyl (C=O) groups is 1. The highest BCUT2D eigenvalue weighted by molar-refractivity contribution is 7.98. The van der Waals surface area contributed by atoms with Gasteiger partial charge in [-0.25, -0.2) is 9.97 Å². The van der Waals surface area contributed by atoms with Crippen LogP contribution in [0, 0.1) is 0 Å². The van der Waals surface area contributed by atoms with E-state index in [1.54, 1.807) is 24.5 Å². The molecule has 0 aliphatic carbocycles. The molecule has 1 amide bonds. The molecule has 126 valence electrons. The van der Waals surface area contributed by atoms with Gasteiger partial charge in [0.1, 0.15) is 5.76 Å². The minimum Gasteiger partial charge on any atom is -0.455 e. The van der Waals surface area contributed by atoms with Gasteiger partial charge in [-0.3, -0.25) is 9.69 Å². The number of fused-ring (bicyclic) bond motifs is 1. The van der Waals surface area contributed by atoms with Crippen molar-refractivity contribution in [1.82, 2.24) is 19.8 Å². The number of amides is 1. The molecule has 0 saturated carbocycles. The Morgan fingerprint density at radius 3 is 3.00 bits per heavy atom. The zero-order valence-corrected chi connectivity index (χ0v) is 14.2. The van der Waals surface area contributed by atoms with Crippen LogP contribution in [0.4, 0.5) is 0 Å². The van der Waals surface area contributed by atoms with Crippen LogP contribution in [-0.2, 0) is 5.75 Å². The highest BCUT2D eigenvalue weighted by atomic mass is 32.2. The molecule has 2 aromatic heterocycles. The fourth-order valence-electron chi connectivity index (χ4n) is 3.40. The molecule has 1 atom stereocenters. The van der Waals surface area contributed by atoms with Crippen molar-refractivity contribution in [2.75, 3.05) is 26.2 Å². The number of hydrogen-bond acceptors (Lipinski definition) is 6. The van der Waals surface area contributed by atoms with Crippen molar-refractivity contribution in [1.29, 1.82) is 0 Å². The molecule has 0 aromatic carbocycles. The van der Waals surface area contributed by atoms with E-state index in [9.17, 15) is 4.79 Å². The molecule has 2 fully saturated rings. The molecular formula is C17H20N4O2S. The van der Waals surface area contributed by atoms with Crippen LogP contribution in [0.3, 0.4) is 0 Å². The van der Waals surface area contributed by atoms with Gasteiger partial charge in [-0.15, -0.1) is 0 Å². The van der Waals surface area contributed by atoms with Gasteiger partial charge in [0.15, 0.2) is 10.9 Å². The van der Waals surface area contributed by atoms with E-state index in [1.165, 1.54) is 31.1 Å². The Hall–Kier alpha value is -1.86. The van der Waals surface area contributed by atoms with E-state index in [-0.39, 0.29) is 5.91 Å². The summed E-state index contributed by atoms with van der Waals surface area (Å²) in [4.78, 5) is 25.4. The van der Waals surface area contributed by atoms with E-state index in [4.69, 9.17) is 4.42 Å². The topological polar surface area (TPSA) is 62.5 Å². The number of piperazine rings is 1. The molecule has 2 saturated heterocycles. The lowest BCUT2D eigenvalue weighted by molar-refractivity contribution is 0.0540. The second-order valence-corrected chi connectivity index (χ2v) is 7.11. The van der Waals surface area contributed by atoms with Gasteiger partial charge in [0.05, 0.1) is 5.75 Å². The Morgan fingerprint density at radius 1 is 1.25 bits per heavy atom. The number of rotatable bonds is 4.